The summed E-state index contributed by atoms with van der Waals surface area (Å²) >= 11 is 0. The molecule has 0 aliphatic heterocycles. The molecular formula is C14H19N. The molecule has 0 aliphatic carbocycles. The lowest BCUT2D eigenvalue weighted by molar-refractivity contribution is 0.862. The molecule has 1 heteroatoms. The van der Waals surface area contributed by atoms with Gasteiger partial charge in [-0.2, -0.15) is 0 Å². The monoisotopic (exact) mass is 201 g/mol. The molecular weight excluding hydrogens is 182 g/mol. The molecule has 0 radical (unpaired) electrons. The molecule has 0 saturated carbocycles. The van der Waals surface area contributed by atoms with Gasteiger partial charge in [0.05, 0.1) is 0 Å². The van der Waals surface area contributed by atoms with Crippen LogP contribution in [0.5, 0.6) is 0 Å². The number of aryl methyl sites for hydroxylation is 2. The van der Waals surface area contributed by atoms with E-state index in [1.54, 1.807) is 0 Å². The van der Waals surface area contributed by atoms with E-state index in [2.05, 4.69) is 56.8 Å². The normalized spacial score (nSPS) is 11.5. The van der Waals surface area contributed by atoms with Gasteiger partial charge in [0, 0.05) is 24.1 Å². The molecule has 2 rings (SSSR count). The van der Waals surface area contributed by atoms with E-state index in [4.69, 9.17) is 0 Å². The van der Waals surface area contributed by atoms with Gasteiger partial charge >= 0.3 is 0 Å². The minimum Gasteiger partial charge on any atom is -0.351 e. The van der Waals surface area contributed by atoms with E-state index >= 15 is 0 Å². The maximum absolute atomic E-state index is 2.35. The van der Waals surface area contributed by atoms with Crippen LogP contribution in [0, 0.1) is 0 Å². The zero-order chi connectivity index (χ0) is 11.0. The van der Waals surface area contributed by atoms with E-state index in [1.165, 1.54) is 22.0 Å². The molecule has 15 heavy (non-hydrogen) atoms. The average Bonchev–Trinajstić information content (AvgIpc) is 2.59. The molecule has 0 atom stereocenters. The van der Waals surface area contributed by atoms with Gasteiger partial charge in [0.2, 0.25) is 0 Å². The molecule has 0 amide bonds. The van der Waals surface area contributed by atoms with Crippen LogP contribution in [0.4, 0.5) is 0 Å². The third kappa shape index (κ3) is 1.67. The first-order valence-electron chi connectivity index (χ1n) is 5.71. The standard InChI is InChI=1S/C14H19N/c1-5-11-8-12(10(2)3)9-14-13(11)6-7-15(14)4/h6-10H,5H2,1-4H3. The highest BCUT2D eigenvalue weighted by Gasteiger charge is 2.07. The van der Waals surface area contributed by atoms with Crippen molar-refractivity contribution < 1.29 is 0 Å². The molecule has 0 bridgehead atoms. The summed E-state index contributed by atoms with van der Waals surface area (Å²) < 4.78 is 2.21. The number of hydrogen-bond donors (Lipinski definition) is 0. The number of benzene rings is 1. The first-order chi connectivity index (χ1) is 7.13. The van der Waals surface area contributed by atoms with Crippen molar-refractivity contribution in [1.29, 1.82) is 0 Å². The molecule has 0 fully saturated rings. The third-order valence-corrected chi connectivity index (χ3v) is 3.16. The van der Waals surface area contributed by atoms with Crippen LogP contribution in [-0.4, -0.2) is 4.57 Å². The Morgan fingerprint density at radius 2 is 2.00 bits per heavy atom. The smallest absolute Gasteiger partial charge is 0.0483 e. The quantitative estimate of drug-likeness (QED) is 0.695. The fraction of sp³-hybridized carbons (Fsp3) is 0.429. The predicted molar refractivity (Wildman–Crippen MR) is 66.4 cm³/mol. The highest BCUT2D eigenvalue weighted by Crippen LogP contribution is 2.26. The summed E-state index contributed by atoms with van der Waals surface area (Å²) in [7, 11) is 2.12. The van der Waals surface area contributed by atoms with E-state index in [9.17, 15) is 0 Å². The predicted octanol–water partition coefficient (Wildman–Crippen LogP) is 3.86. The molecule has 0 aliphatic rings. The van der Waals surface area contributed by atoms with Gasteiger partial charge in [-0.15, -0.1) is 0 Å². The van der Waals surface area contributed by atoms with Gasteiger partial charge in [0.25, 0.3) is 0 Å². The van der Waals surface area contributed by atoms with Crippen molar-refractivity contribution >= 4 is 10.9 Å². The van der Waals surface area contributed by atoms with Crippen LogP contribution in [0.1, 0.15) is 37.8 Å². The van der Waals surface area contributed by atoms with Crippen molar-refractivity contribution in [2.75, 3.05) is 0 Å². The Bertz CT molecular complexity index is 477. The van der Waals surface area contributed by atoms with E-state index in [1.807, 2.05) is 0 Å². The lowest BCUT2D eigenvalue weighted by Gasteiger charge is -2.10. The molecule has 1 heterocycles. The Morgan fingerprint density at radius 1 is 1.27 bits per heavy atom. The summed E-state index contributed by atoms with van der Waals surface area (Å²) in [6.45, 7) is 6.74. The topological polar surface area (TPSA) is 4.93 Å². The number of aromatic nitrogens is 1. The third-order valence-electron chi connectivity index (χ3n) is 3.16. The summed E-state index contributed by atoms with van der Waals surface area (Å²) in [5.74, 6) is 0.606. The van der Waals surface area contributed by atoms with E-state index in [0.717, 1.165) is 6.42 Å². The average molecular weight is 201 g/mol. The molecule has 0 saturated heterocycles. The zero-order valence-corrected chi connectivity index (χ0v) is 10.0. The minimum atomic E-state index is 0.606. The van der Waals surface area contributed by atoms with Crippen LogP contribution >= 0.6 is 0 Å². The van der Waals surface area contributed by atoms with Crippen LogP contribution in [0.15, 0.2) is 24.4 Å². The number of rotatable bonds is 2. The van der Waals surface area contributed by atoms with Gasteiger partial charge in [-0.1, -0.05) is 26.8 Å². The fourth-order valence-corrected chi connectivity index (χ4v) is 2.10. The maximum Gasteiger partial charge on any atom is 0.0483 e. The molecule has 1 aromatic heterocycles. The minimum absolute atomic E-state index is 0.606. The van der Waals surface area contributed by atoms with Gasteiger partial charge in [-0.25, -0.2) is 0 Å². The largest absolute Gasteiger partial charge is 0.351 e. The molecule has 0 N–H and O–H groups in total. The van der Waals surface area contributed by atoms with Gasteiger partial charge in [-0.3, -0.25) is 0 Å². The molecule has 1 nitrogen and oxygen atoms in total. The van der Waals surface area contributed by atoms with Crippen molar-refractivity contribution in [2.45, 2.75) is 33.1 Å². The van der Waals surface area contributed by atoms with Crippen molar-refractivity contribution in [3.8, 4) is 0 Å². The van der Waals surface area contributed by atoms with E-state index in [0.29, 0.717) is 5.92 Å². The van der Waals surface area contributed by atoms with Gasteiger partial charge < -0.3 is 4.57 Å². The van der Waals surface area contributed by atoms with Crippen molar-refractivity contribution in [3.05, 3.63) is 35.5 Å². The molecule has 80 valence electrons. The van der Waals surface area contributed by atoms with Crippen LogP contribution < -0.4 is 0 Å². The van der Waals surface area contributed by atoms with Gasteiger partial charge in [0.1, 0.15) is 0 Å². The summed E-state index contributed by atoms with van der Waals surface area (Å²) in [5, 5.41) is 1.41. The Morgan fingerprint density at radius 3 is 2.60 bits per heavy atom. The number of fused-ring (bicyclic) bond motifs is 1. The summed E-state index contributed by atoms with van der Waals surface area (Å²) in [4.78, 5) is 0. The van der Waals surface area contributed by atoms with Crippen molar-refractivity contribution in [2.24, 2.45) is 7.05 Å². The van der Waals surface area contributed by atoms with Gasteiger partial charge in [0.15, 0.2) is 0 Å². The Hall–Kier alpha value is -1.24. The molecule has 0 spiro atoms. The Balaban J connectivity index is 2.74. The maximum atomic E-state index is 2.35. The summed E-state index contributed by atoms with van der Waals surface area (Å²) in [5.41, 5.74) is 4.27. The highest BCUT2D eigenvalue weighted by molar-refractivity contribution is 5.84. The van der Waals surface area contributed by atoms with Crippen LogP contribution in [0.3, 0.4) is 0 Å². The lowest BCUT2D eigenvalue weighted by atomic mass is 9.97. The van der Waals surface area contributed by atoms with Crippen LogP contribution in [-0.2, 0) is 13.5 Å². The SMILES string of the molecule is CCc1cc(C(C)C)cc2c1ccn2C. The fourth-order valence-electron chi connectivity index (χ4n) is 2.10. The second-order valence-electron chi connectivity index (χ2n) is 4.55. The zero-order valence-electron chi connectivity index (χ0n) is 10.0. The first kappa shape index (κ1) is 10.3. The number of hydrogen-bond acceptors (Lipinski definition) is 0. The Kier molecular flexibility index (Phi) is 2.56. The van der Waals surface area contributed by atoms with Crippen molar-refractivity contribution in [1.82, 2.24) is 4.57 Å². The molecule has 1 aromatic carbocycles. The van der Waals surface area contributed by atoms with Crippen LogP contribution in [0.25, 0.3) is 10.9 Å². The Labute approximate surface area is 91.7 Å². The summed E-state index contributed by atoms with van der Waals surface area (Å²) in [6.07, 6.45) is 3.26. The second-order valence-corrected chi connectivity index (χ2v) is 4.55. The van der Waals surface area contributed by atoms with Gasteiger partial charge in [-0.05, 0) is 35.6 Å². The highest BCUT2D eigenvalue weighted by atomic mass is 14.9. The van der Waals surface area contributed by atoms with Crippen molar-refractivity contribution in [3.63, 3.8) is 0 Å². The first-order valence-corrected chi connectivity index (χ1v) is 5.71. The molecule has 2 aromatic rings. The molecule has 0 unspecified atom stereocenters. The summed E-state index contributed by atoms with van der Waals surface area (Å²) in [6, 6.07) is 6.89. The van der Waals surface area contributed by atoms with E-state index in [-0.39, 0.29) is 0 Å². The number of nitrogens with zero attached hydrogens (tertiary/aromatic N) is 1. The van der Waals surface area contributed by atoms with Crippen LogP contribution in [0.2, 0.25) is 0 Å². The second kappa shape index (κ2) is 3.73. The lowest BCUT2D eigenvalue weighted by Crippen LogP contribution is -1.93. The van der Waals surface area contributed by atoms with E-state index < -0.39 is 0 Å².